The van der Waals surface area contributed by atoms with Crippen LogP contribution in [0, 0.1) is 30.9 Å². The van der Waals surface area contributed by atoms with Crippen molar-refractivity contribution in [3.63, 3.8) is 0 Å². The molecule has 21 heavy (non-hydrogen) atoms. The first-order chi connectivity index (χ1) is 9.92. The van der Waals surface area contributed by atoms with Gasteiger partial charge >= 0.3 is 0 Å². The molecular weight excluding hydrogens is 334 g/mol. The van der Waals surface area contributed by atoms with Crippen LogP contribution >= 0.6 is 15.9 Å². The summed E-state index contributed by atoms with van der Waals surface area (Å²) in [4.78, 5) is 10.5. The number of nitro benzene ring substituents is 1. The summed E-state index contributed by atoms with van der Waals surface area (Å²) in [5.41, 5.74) is 3.80. The van der Waals surface area contributed by atoms with E-state index in [9.17, 15) is 10.1 Å². The minimum absolute atomic E-state index is 0.116. The number of rotatable bonds is 4. The Morgan fingerprint density at radius 2 is 1.81 bits per heavy atom. The molecule has 0 aromatic heterocycles. The first-order valence-electron chi connectivity index (χ1n) is 6.51. The smallest absolute Gasteiger partial charge is 0.272 e. The van der Waals surface area contributed by atoms with Crippen LogP contribution < -0.4 is 4.74 Å². The van der Waals surface area contributed by atoms with Crippen LogP contribution in [0.25, 0.3) is 0 Å². The Morgan fingerprint density at radius 3 is 2.38 bits per heavy atom. The van der Waals surface area contributed by atoms with Crippen LogP contribution in [0.3, 0.4) is 0 Å². The SMILES string of the molecule is Cc1cc(Oc2cc(C)c([N+](=O)[O-])cc2C)ccc1CBr. The largest absolute Gasteiger partial charge is 0.457 e. The summed E-state index contributed by atoms with van der Waals surface area (Å²) in [5.74, 6) is 1.37. The Hall–Kier alpha value is -1.88. The van der Waals surface area contributed by atoms with Crippen LogP contribution in [0.4, 0.5) is 5.69 Å². The van der Waals surface area contributed by atoms with E-state index in [2.05, 4.69) is 15.9 Å². The first-order valence-corrected chi connectivity index (χ1v) is 7.63. The molecule has 0 atom stereocenters. The normalized spacial score (nSPS) is 10.5. The van der Waals surface area contributed by atoms with Gasteiger partial charge in [0.15, 0.2) is 0 Å². The van der Waals surface area contributed by atoms with Crippen LogP contribution in [0.1, 0.15) is 22.3 Å². The molecule has 2 aromatic rings. The number of nitro groups is 1. The predicted octanol–water partition coefficient (Wildman–Crippen LogP) is 5.21. The number of alkyl halides is 1. The second-order valence-electron chi connectivity index (χ2n) is 4.99. The van der Waals surface area contributed by atoms with Gasteiger partial charge in [-0.05, 0) is 55.7 Å². The fourth-order valence-electron chi connectivity index (χ4n) is 2.09. The summed E-state index contributed by atoms with van der Waals surface area (Å²) in [7, 11) is 0. The van der Waals surface area contributed by atoms with Crippen molar-refractivity contribution in [2.75, 3.05) is 0 Å². The molecule has 0 aliphatic carbocycles. The lowest BCUT2D eigenvalue weighted by molar-refractivity contribution is -0.385. The average Bonchev–Trinajstić information content (AvgIpc) is 2.42. The first kappa shape index (κ1) is 15.5. The van der Waals surface area contributed by atoms with Crippen LogP contribution in [0.2, 0.25) is 0 Å². The summed E-state index contributed by atoms with van der Waals surface area (Å²) < 4.78 is 5.87. The van der Waals surface area contributed by atoms with Crippen molar-refractivity contribution in [3.05, 3.63) is 62.7 Å². The molecular formula is C16H16BrNO3. The lowest BCUT2D eigenvalue weighted by atomic mass is 10.1. The third kappa shape index (κ3) is 3.42. The summed E-state index contributed by atoms with van der Waals surface area (Å²) in [6.07, 6.45) is 0. The Bertz CT molecular complexity index is 698. The van der Waals surface area contributed by atoms with Gasteiger partial charge in [0.1, 0.15) is 11.5 Å². The van der Waals surface area contributed by atoms with Crippen molar-refractivity contribution < 1.29 is 9.66 Å². The second-order valence-corrected chi connectivity index (χ2v) is 5.55. The molecule has 0 radical (unpaired) electrons. The summed E-state index contributed by atoms with van der Waals surface area (Å²) >= 11 is 3.44. The van der Waals surface area contributed by atoms with Crippen LogP contribution in [0.5, 0.6) is 11.5 Å². The van der Waals surface area contributed by atoms with Crippen molar-refractivity contribution in [2.45, 2.75) is 26.1 Å². The van der Waals surface area contributed by atoms with Crippen molar-refractivity contribution >= 4 is 21.6 Å². The summed E-state index contributed by atoms with van der Waals surface area (Å²) in [5, 5.41) is 11.7. The van der Waals surface area contributed by atoms with Crippen molar-refractivity contribution in [2.24, 2.45) is 0 Å². The molecule has 5 heteroatoms. The highest BCUT2D eigenvalue weighted by Gasteiger charge is 2.14. The fraction of sp³-hybridized carbons (Fsp3) is 0.250. The maximum Gasteiger partial charge on any atom is 0.272 e. The molecule has 0 bridgehead atoms. The topological polar surface area (TPSA) is 52.4 Å². The standard InChI is InChI=1S/C16H16BrNO3/c1-10-6-14(5-4-13(10)9-17)21-16-8-11(2)15(18(19)20)7-12(16)3/h4-8H,9H2,1-3H3. The molecule has 0 amide bonds. The Morgan fingerprint density at radius 1 is 1.10 bits per heavy atom. The van der Waals surface area contributed by atoms with E-state index in [1.165, 1.54) is 5.56 Å². The molecule has 110 valence electrons. The van der Waals surface area contributed by atoms with Crippen LogP contribution in [-0.4, -0.2) is 4.92 Å². The molecule has 0 aliphatic rings. The zero-order valence-electron chi connectivity index (χ0n) is 12.1. The van der Waals surface area contributed by atoms with E-state index < -0.39 is 0 Å². The predicted molar refractivity (Wildman–Crippen MR) is 86.5 cm³/mol. The van der Waals surface area contributed by atoms with Gasteiger partial charge in [-0.1, -0.05) is 22.0 Å². The van der Waals surface area contributed by atoms with Gasteiger partial charge in [0.05, 0.1) is 4.92 Å². The molecule has 0 heterocycles. The Balaban J connectivity index is 2.34. The number of hydrogen-bond acceptors (Lipinski definition) is 3. The maximum atomic E-state index is 10.9. The zero-order valence-corrected chi connectivity index (χ0v) is 13.7. The number of halogens is 1. The molecule has 4 nitrogen and oxygen atoms in total. The highest BCUT2D eigenvalue weighted by Crippen LogP contribution is 2.32. The molecule has 2 rings (SSSR count). The monoisotopic (exact) mass is 349 g/mol. The lowest BCUT2D eigenvalue weighted by Gasteiger charge is -2.11. The van der Waals surface area contributed by atoms with Gasteiger partial charge in [0.2, 0.25) is 0 Å². The molecule has 0 fully saturated rings. The summed E-state index contributed by atoms with van der Waals surface area (Å²) in [6.45, 7) is 5.54. The van der Waals surface area contributed by atoms with Gasteiger partial charge in [0.25, 0.3) is 5.69 Å². The molecule has 0 saturated carbocycles. The maximum absolute atomic E-state index is 10.9. The second kappa shape index (κ2) is 6.26. The molecule has 0 unspecified atom stereocenters. The van der Waals surface area contributed by atoms with E-state index in [0.717, 1.165) is 22.2 Å². The summed E-state index contributed by atoms with van der Waals surface area (Å²) in [6, 6.07) is 9.13. The van der Waals surface area contributed by atoms with Gasteiger partial charge in [-0.25, -0.2) is 0 Å². The van der Waals surface area contributed by atoms with Gasteiger partial charge in [-0.3, -0.25) is 10.1 Å². The van der Waals surface area contributed by atoms with Crippen LogP contribution in [0.15, 0.2) is 30.3 Å². The third-order valence-electron chi connectivity index (χ3n) is 3.38. The molecule has 0 saturated heterocycles. The Kier molecular flexibility index (Phi) is 4.63. The van der Waals surface area contributed by atoms with E-state index in [-0.39, 0.29) is 10.6 Å². The zero-order chi connectivity index (χ0) is 15.6. The van der Waals surface area contributed by atoms with E-state index in [1.54, 1.807) is 19.1 Å². The van der Waals surface area contributed by atoms with Gasteiger partial charge in [-0.15, -0.1) is 0 Å². The number of ether oxygens (including phenoxy) is 1. The van der Waals surface area contributed by atoms with Crippen molar-refractivity contribution in [3.8, 4) is 11.5 Å². The minimum Gasteiger partial charge on any atom is -0.457 e. The molecule has 0 N–H and O–H groups in total. The van der Waals surface area contributed by atoms with Crippen molar-refractivity contribution in [1.29, 1.82) is 0 Å². The number of benzene rings is 2. The third-order valence-corrected chi connectivity index (χ3v) is 3.98. The lowest BCUT2D eigenvalue weighted by Crippen LogP contribution is -1.96. The van der Waals surface area contributed by atoms with E-state index in [0.29, 0.717) is 11.3 Å². The van der Waals surface area contributed by atoms with Crippen molar-refractivity contribution in [1.82, 2.24) is 0 Å². The number of nitrogens with zero attached hydrogens (tertiary/aromatic N) is 1. The van der Waals surface area contributed by atoms with E-state index >= 15 is 0 Å². The number of hydrogen-bond donors (Lipinski definition) is 0. The Labute approximate surface area is 132 Å². The van der Waals surface area contributed by atoms with Gasteiger partial charge in [0, 0.05) is 17.0 Å². The minimum atomic E-state index is -0.374. The van der Waals surface area contributed by atoms with E-state index in [1.807, 2.05) is 32.0 Å². The highest BCUT2D eigenvalue weighted by atomic mass is 79.9. The number of aryl methyl sites for hydroxylation is 3. The highest BCUT2D eigenvalue weighted by molar-refractivity contribution is 9.08. The molecule has 2 aromatic carbocycles. The van der Waals surface area contributed by atoms with Crippen LogP contribution in [-0.2, 0) is 5.33 Å². The molecule has 0 aliphatic heterocycles. The van der Waals surface area contributed by atoms with Gasteiger partial charge < -0.3 is 4.74 Å². The molecule has 0 spiro atoms. The van der Waals surface area contributed by atoms with E-state index in [4.69, 9.17) is 4.74 Å². The quantitative estimate of drug-likeness (QED) is 0.432. The fourth-order valence-corrected chi connectivity index (χ4v) is 2.72. The van der Waals surface area contributed by atoms with Gasteiger partial charge in [-0.2, -0.15) is 0 Å². The average molecular weight is 350 g/mol.